The molecule has 0 aliphatic carbocycles. The largest absolute Gasteiger partial charge is 0.394 e. The summed E-state index contributed by atoms with van der Waals surface area (Å²) in [5.41, 5.74) is 3.37. The first kappa shape index (κ1) is 19.5. The van der Waals surface area contributed by atoms with Gasteiger partial charge in [-0.2, -0.15) is 0 Å². The standard InChI is InChI=1S/C23H23N3O2S/c1-28-14-20-25-22(24-18(13-27)12-16-8-4-2-5-9-16)21-19(15-29-23(21)26-20)17-10-6-3-7-11-17/h2-11,15,18,27H,12-14H2,1H3,(H,24,25,26). The van der Waals surface area contributed by atoms with E-state index in [1.807, 2.05) is 36.4 Å². The average Bonchev–Trinajstić information content (AvgIpc) is 3.19. The second-order valence-electron chi connectivity index (χ2n) is 6.83. The molecule has 0 aliphatic rings. The van der Waals surface area contributed by atoms with Crippen LogP contribution in [0.3, 0.4) is 0 Å². The summed E-state index contributed by atoms with van der Waals surface area (Å²) in [7, 11) is 1.64. The Hall–Kier alpha value is -2.80. The van der Waals surface area contributed by atoms with Gasteiger partial charge in [-0.1, -0.05) is 60.7 Å². The third-order valence-electron chi connectivity index (χ3n) is 4.72. The van der Waals surface area contributed by atoms with Gasteiger partial charge < -0.3 is 15.2 Å². The molecule has 0 bridgehead atoms. The highest BCUT2D eigenvalue weighted by Crippen LogP contribution is 2.37. The third-order valence-corrected chi connectivity index (χ3v) is 5.60. The highest BCUT2D eigenvalue weighted by atomic mass is 32.1. The van der Waals surface area contributed by atoms with Crippen LogP contribution in [-0.4, -0.2) is 34.8 Å². The summed E-state index contributed by atoms with van der Waals surface area (Å²) in [4.78, 5) is 10.3. The Labute approximate surface area is 174 Å². The second-order valence-corrected chi connectivity index (χ2v) is 7.69. The van der Waals surface area contributed by atoms with Gasteiger partial charge in [-0.05, 0) is 17.5 Å². The molecule has 0 amide bonds. The first-order chi connectivity index (χ1) is 14.3. The number of methoxy groups -OCH3 is 1. The highest BCUT2D eigenvalue weighted by molar-refractivity contribution is 7.17. The Morgan fingerprint density at radius 3 is 2.45 bits per heavy atom. The van der Waals surface area contributed by atoms with Crippen LogP contribution in [0.2, 0.25) is 0 Å². The summed E-state index contributed by atoms with van der Waals surface area (Å²) in [5, 5.41) is 16.6. The molecular weight excluding hydrogens is 382 g/mol. The van der Waals surface area contributed by atoms with Gasteiger partial charge in [0.15, 0.2) is 5.82 Å². The lowest BCUT2D eigenvalue weighted by Gasteiger charge is -2.19. The van der Waals surface area contributed by atoms with Gasteiger partial charge in [-0.3, -0.25) is 0 Å². The lowest BCUT2D eigenvalue weighted by molar-refractivity contribution is 0.178. The first-order valence-electron chi connectivity index (χ1n) is 9.52. The van der Waals surface area contributed by atoms with E-state index in [1.54, 1.807) is 18.4 Å². The van der Waals surface area contributed by atoms with Crippen molar-refractivity contribution in [1.82, 2.24) is 9.97 Å². The van der Waals surface area contributed by atoms with Crippen LogP contribution in [0.15, 0.2) is 66.0 Å². The van der Waals surface area contributed by atoms with Gasteiger partial charge in [0.1, 0.15) is 17.3 Å². The number of fused-ring (bicyclic) bond motifs is 1. The van der Waals surface area contributed by atoms with Crippen LogP contribution in [0.5, 0.6) is 0 Å². The van der Waals surface area contributed by atoms with Crippen LogP contribution >= 0.6 is 11.3 Å². The number of thiophene rings is 1. The number of ether oxygens (including phenoxy) is 1. The fraction of sp³-hybridized carbons (Fsp3) is 0.217. The Kier molecular flexibility index (Phi) is 6.14. The number of aliphatic hydroxyl groups excluding tert-OH is 1. The molecule has 0 fully saturated rings. The van der Waals surface area contributed by atoms with Crippen molar-refractivity contribution in [3.8, 4) is 11.1 Å². The molecule has 2 N–H and O–H groups in total. The van der Waals surface area contributed by atoms with Gasteiger partial charge in [-0.15, -0.1) is 11.3 Å². The average molecular weight is 406 g/mol. The van der Waals surface area contributed by atoms with Crippen LogP contribution in [0.25, 0.3) is 21.3 Å². The molecule has 0 spiro atoms. The molecule has 2 aromatic carbocycles. The van der Waals surface area contributed by atoms with Crippen molar-refractivity contribution < 1.29 is 9.84 Å². The van der Waals surface area contributed by atoms with Gasteiger partial charge in [0.25, 0.3) is 0 Å². The van der Waals surface area contributed by atoms with Crippen molar-refractivity contribution >= 4 is 27.4 Å². The summed E-state index contributed by atoms with van der Waals surface area (Å²) in [6, 6.07) is 20.2. The highest BCUT2D eigenvalue weighted by Gasteiger charge is 2.18. The van der Waals surface area contributed by atoms with Crippen molar-refractivity contribution in [2.45, 2.75) is 19.1 Å². The number of hydrogen-bond acceptors (Lipinski definition) is 6. The molecule has 5 nitrogen and oxygen atoms in total. The van der Waals surface area contributed by atoms with E-state index in [1.165, 1.54) is 0 Å². The number of hydrogen-bond donors (Lipinski definition) is 2. The smallest absolute Gasteiger partial charge is 0.158 e. The predicted octanol–water partition coefficient (Wildman–Crippen LogP) is 4.52. The number of nitrogens with zero attached hydrogens (tertiary/aromatic N) is 2. The molecule has 29 heavy (non-hydrogen) atoms. The minimum Gasteiger partial charge on any atom is -0.394 e. The fourth-order valence-corrected chi connectivity index (χ4v) is 4.33. The zero-order chi connectivity index (χ0) is 20.1. The quantitative estimate of drug-likeness (QED) is 0.451. The van der Waals surface area contributed by atoms with E-state index in [-0.39, 0.29) is 12.6 Å². The molecule has 1 unspecified atom stereocenters. The van der Waals surface area contributed by atoms with Gasteiger partial charge in [0.2, 0.25) is 0 Å². The minimum absolute atomic E-state index is 0.00477. The number of benzene rings is 2. The molecule has 1 atom stereocenters. The molecule has 0 saturated heterocycles. The topological polar surface area (TPSA) is 67.3 Å². The Bertz CT molecular complexity index is 1070. The van der Waals surface area contributed by atoms with E-state index < -0.39 is 0 Å². The zero-order valence-electron chi connectivity index (χ0n) is 16.2. The summed E-state index contributed by atoms with van der Waals surface area (Å²) < 4.78 is 5.25. The molecular formula is C23H23N3O2S. The maximum Gasteiger partial charge on any atom is 0.158 e. The van der Waals surface area contributed by atoms with E-state index in [9.17, 15) is 5.11 Å². The maximum absolute atomic E-state index is 10.0. The second kappa shape index (κ2) is 9.13. The monoisotopic (exact) mass is 405 g/mol. The lowest BCUT2D eigenvalue weighted by Crippen LogP contribution is -2.27. The summed E-state index contributed by atoms with van der Waals surface area (Å²) >= 11 is 1.59. The van der Waals surface area contributed by atoms with Crippen molar-refractivity contribution in [3.05, 3.63) is 77.4 Å². The van der Waals surface area contributed by atoms with E-state index in [4.69, 9.17) is 9.72 Å². The van der Waals surface area contributed by atoms with E-state index >= 15 is 0 Å². The van der Waals surface area contributed by atoms with Crippen LogP contribution < -0.4 is 5.32 Å². The molecule has 6 heteroatoms. The summed E-state index contributed by atoms with van der Waals surface area (Å²) in [6.07, 6.45) is 0.702. The molecule has 0 aliphatic heterocycles. The minimum atomic E-state index is -0.158. The van der Waals surface area contributed by atoms with Gasteiger partial charge in [0, 0.05) is 18.1 Å². The predicted molar refractivity (Wildman–Crippen MR) is 118 cm³/mol. The number of rotatable bonds is 8. The molecule has 2 heterocycles. The van der Waals surface area contributed by atoms with Crippen molar-refractivity contribution in [3.63, 3.8) is 0 Å². The van der Waals surface area contributed by atoms with E-state index in [0.717, 1.165) is 32.7 Å². The van der Waals surface area contributed by atoms with Gasteiger partial charge in [-0.25, -0.2) is 9.97 Å². The van der Waals surface area contributed by atoms with Gasteiger partial charge >= 0.3 is 0 Å². The molecule has 148 valence electrons. The lowest BCUT2D eigenvalue weighted by atomic mass is 10.0. The van der Waals surface area contributed by atoms with Crippen molar-refractivity contribution in [1.29, 1.82) is 0 Å². The van der Waals surface area contributed by atoms with Crippen molar-refractivity contribution in [2.24, 2.45) is 0 Å². The Morgan fingerprint density at radius 1 is 1.03 bits per heavy atom. The Balaban J connectivity index is 1.75. The molecule has 4 aromatic rings. The normalized spacial score (nSPS) is 12.2. The maximum atomic E-state index is 10.0. The van der Waals surface area contributed by atoms with Crippen LogP contribution in [0.4, 0.5) is 5.82 Å². The SMILES string of the molecule is COCc1nc(NC(CO)Cc2ccccc2)c2c(-c3ccccc3)csc2n1. The summed E-state index contributed by atoms with van der Waals surface area (Å²) in [5.74, 6) is 1.36. The van der Waals surface area contributed by atoms with E-state index in [0.29, 0.717) is 18.9 Å². The fourth-order valence-electron chi connectivity index (χ4n) is 3.37. The van der Waals surface area contributed by atoms with Crippen molar-refractivity contribution in [2.75, 3.05) is 19.0 Å². The molecule has 2 aromatic heterocycles. The number of aromatic nitrogens is 2. The number of anilines is 1. The third kappa shape index (κ3) is 4.45. The van der Waals surface area contributed by atoms with E-state index in [2.05, 4.69) is 39.9 Å². The van der Waals surface area contributed by atoms with Crippen LogP contribution in [0.1, 0.15) is 11.4 Å². The number of aliphatic hydroxyl groups is 1. The summed E-state index contributed by atoms with van der Waals surface area (Å²) in [6.45, 7) is 0.344. The van der Waals surface area contributed by atoms with Crippen LogP contribution in [0, 0.1) is 0 Å². The Morgan fingerprint density at radius 2 is 1.76 bits per heavy atom. The van der Waals surface area contributed by atoms with Crippen LogP contribution in [-0.2, 0) is 17.8 Å². The molecule has 0 radical (unpaired) electrons. The molecule has 4 rings (SSSR count). The number of nitrogens with one attached hydrogen (secondary N) is 1. The zero-order valence-corrected chi connectivity index (χ0v) is 17.0. The van der Waals surface area contributed by atoms with Gasteiger partial charge in [0.05, 0.1) is 18.0 Å². The molecule has 0 saturated carbocycles. The first-order valence-corrected chi connectivity index (χ1v) is 10.4.